The Kier molecular flexibility index (Phi) is 2.85. The van der Waals surface area contributed by atoms with Crippen molar-refractivity contribution >= 4 is 25.3 Å². The van der Waals surface area contributed by atoms with Gasteiger partial charge in [-0.15, -0.1) is 0 Å². The number of imidazole rings is 1. The molecule has 0 N–H and O–H groups in total. The predicted molar refractivity (Wildman–Crippen MR) is 48.8 cm³/mol. The molecule has 1 atom stereocenters. The number of hydrogen-bond donors (Lipinski definition) is 2. The van der Waals surface area contributed by atoms with Gasteiger partial charge < -0.3 is 4.57 Å². The topological polar surface area (TPSA) is 41.6 Å². The van der Waals surface area contributed by atoms with Crippen molar-refractivity contribution in [3.05, 3.63) is 18.2 Å². The van der Waals surface area contributed by atoms with Gasteiger partial charge in [-0.2, -0.15) is 30.5 Å². The second-order valence-electron chi connectivity index (χ2n) is 1.96. The van der Waals surface area contributed by atoms with Crippen molar-refractivity contribution in [3.63, 3.8) is 0 Å². The molecule has 0 aliphatic carbocycles. The number of nitriles is 1. The number of nitrogens with zero attached hydrogens (tertiary/aromatic N) is 3. The van der Waals surface area contributed by atoms with Gasteiger partial charge in [-0.25, -0.2) is 4.98 Å². The molecule has 0 radical (unpaired) electrons. The summed E-state index contributed by atoms with van der Waals surface area (Å²) < 4.78 is 1.68. The van der Waals surface area contributed by atoms with Gasteiger partial charge >= 0.3 is 0 Å². The smallest absolute Gasteiger partial charge is 0.140 e. The highest BCUT2D eigenvalue weighted by molar-refractivity contribution is 7.84. The van der Waals surface area contributed by atoms with Gasteiger partial charge in [0.1, 0.15) is 11.8 Å². The molecule has 1 aromatic heterocycles. The van der Waals surface area contributed by atoms with E-state index in [-0.39, 0.29) is 5.37 Å². The van der Waals surface area contributed by atoms with Crippen LogP contribution in [0.2, 0.25) is 0 Å². The Balaban J connectivity index is 2.95. The monoisotopic (exact) mass is 185 g/mol. The summed E-state index contributed by atoms with van der Waals surface area (Å²) in [5.74, 6) is 0.578. The van der Waals surface area contributed by atoms with Crippen molar-refractivity contribution in [2.24, 2.45) is 0 Å². The summed E-state index contributed by atoms with van der Waals surface area (Å²) in [6.45, 7) is 0. The average Bonchev–Trinajstić information content (AvgIpc) is 2.50. The molecule has 0 aliphatic heterocycles. The molecule has 0 fully saturated rings. The fraction of sp³-hybridized carbons (Fsp3) is 0.333. The molecule has 1 rings (SSSR count). The highest BCUT2D eigenvalue weighted by Gasteiger charge is 2.06. The second-order valence-corrected chi connectivity index (χ2v) is 2.92. The summed E-state index contributed by atoms with van der Waals surface area (Å²) in [7, 11) is 0. The molecule has 58 valence electrons. The molecule has 0 saturated heterocycles. The van der Waals surface area contributed by atoms with E-state index in [0.29, 0.717) is 11.4 Å². The van der Waals surface area contributed by atoms with E-state index in [0.717, 1.165) is 0 Å². The van der Waals surface area contributed by atoms with Crippen LogP contribution in [0, 0.1) is 11.3 Å². The van der Waals surface area contributed by atoms with Crippen LogP contribution in [0.3, 0.4) is 0 Å². The number of aromatic nitrogens is 2. The summed E-state index contributed by atoms with van der Waals surface area (Å²) >= 11 is 8.26. The first-order chi connectivity index (χ1) is 5.29. The van der Waals surface area contributed by atoms with Gasteiger partial charge in [-0.3, -0.25) is 0 Å². The van der Waals surface area contributed by atoms with Crippen LogP contribution in [0.4, 0.5) is 0 Å². The largest absolute Gasteiger partial charge is 0.309 e. The molecule has 1 aromatic rings. The Labute approximate surface area is 75.9 Å². The van der Waals surface area contributed by atoms with E-state index in [9.17, 15) is 0 Å². The zero-order valence-corrected chi connectivity index (χ0v) is 7.46. The minimum absolute atomic E-state index is 0.0736. The highest BCUT2D eigenvalue weighted by Crippen LogP contribution is 2.14. The van der Waals surface area contributed by atoms with E-state index < -0.39 is 0 Å². The Morgan fingerprint density at radius 3 is 3.09 bits per heavy atom. The highest BCUT2D eigenvalue weighted by atomic mass is 32.1. The predicted octanol–water partition coefficient (Wildman–Crippen LogP) is 1.11. The van der Waals surface area contributed by atoms with Crippen LogP contribution >= 0.6 is 25.3 Å². The summed E-state index contributed by atoms with van der Waals surface area (Å²) in [6.07, 6.45) is 3.08. The maximum absolute atomic E-state index is 8.58. The lowest BCUT2D eigenvalue weighted by molar-refractivity contribution is 0.745. The Hall–Kier alpha value is -0.600. The summed E-state index contributed by atoms with van der Waals surface area (Å²) in [5, 5.41) is 8.51. The molecule has 0 amide bonds. The van der Waals surface area contributed by atoms with Crippen LogP contribution in [0.15, 0.2) is 12.5 Å². The summed E-state index contributed by atoms with van der Waals surface area (Å²) in [6, 6.07) is 2.01. The first kappa shape index (κ1) is 8.50. The fourth-order valence-corrected chi connectivity index (χ4v) is 1.08. The lowest BCUT2D eigenvalue weighted by atomic mass is 10.5. The third-order valence-electron chi connectivity index (χ3n) is 1.27. The molecular weight excluding hydrogens is 178 g/mol. The zero-order valence-electron chi connectivity index (χ0n) is 5.68. The van der Waals surface area contributed by atoms with Crippen LogP contribution in [-0.2, 0) is 0 Å². The van der Waals surface area contributed by atoms with Crippen LogP contribution < -0.4 is 0 Å². The van der Waals surface area contributed by atoms with E-state index in [4.69, 9.17) is 5.26 Å². The third kappa shape index (κ3) is 1.70. The number of hydrogen-bond acceptors (Lipinski definition) is 4. The van der Waals surface area contributed by atoms with Gasteiger partial charge in [-0.05, 0) is 0 Å². The van der Waals surface area contributed by atoms with Gasteiger partial charge in [-0.1, -0.05) is 0 Å². The van der Waals surface area contributed by atoms with Crippen LogP contribution in [0.5, 0.6) is 0 Å². The fourth-order valence-electron chi connectivity index (χ4n) is 0.717. The van der Waals surface area contributed by atoms with Crippen molar-refractivity contribution in [1.82, 2.24) is 9.55 Å². The van der Waals surface area contributed by atoms with Crippen molar-refractivity contribution in [1.29, 1.82) is 5.26 Å². The molecule has 0 spiro atoms. The molecular formula is C6H7N3S2. The van der Waals surface area contributed by atoms with Crippen molar-refractivity contribution in [2.75, 3.05) is 5.75 Å². The Morgan fingerprint density at radius 1 is 1.82 bits per heavy atom. The van der Waals surface area contributed by atoms with Crippen molar-refractivity contribution < 1.29 is 0 Å². The van der Waals surface area contributed by atoms with E-state index in [1.807, 2.05) is 6.07 Å². The minimum Gasteiger partial charge on any atom is -0.309 e. The van der Waals surface area contributed by atoms with Gasteiger partial charge in [0, 0.05) is 5.75 Å². The van der Waals surface area contributed by atoms with Gasteiger partial charge in [0.2, 0.25) is 0 Å². The average molecular weight is 185 g/mol. The molecule has 0 aromatic carbocycles. The molecule has 1 heterocycles. The lowest BCUT2D eigenvalue weighted by Crippen LogP contribution is -2.04. The van der Waals surface area contributed by atoms with E-state index in [2.05, 4.69) is 30.2 Å². The maximum atomic E-state index is 8.58. The Morgan fingerprint density at radius 2 is 2.55 bits per heavy atom. The number of thiol groups is 2. The zero-order chi connectivity index (χ0) is 8.27. The molecule has 0 aliphatic rings. The van der Waals surface area contributed by atoms with E-state index in [1.54, 1.807) is 10.9 Å². The summed E-state index contributed by atoms with van der Waals surface area (Å²) in [4.78, 5) is 3.82. The van der Waals surface area contributed by atoms with Crippen LogP contribution in [-0.4, -0.2) is 15.3 Å². The third-order valence-corrected chi connectivity index (χ3v) is 2.33. The lowest BCUT2D eigenvalue weighted by Gasteiger charge is -2.08. The molecule has 1 unspecified atom stereocenters. The molecule has 3 nitrogen and oxygen atoms in total. The van der Waals surface area contributed by atoms with Crippen LogP contribution in [0.25, 0.3) is 0 Å². The Bertz CT molecular complexity index is 276. The van der Waals surface area contributed by atoms with E-state index in [1.165, 1.54) is 6.20 Å². The van der Waals surface area contributed by atoms with Crippen LogP contribution in [0.1, 0.15) is 11.1 Å². The SMILES string of the molecule is N#Cc1cncn1C(S)CS. The standard InChI is InChI=1S/C6H7N3S2/c7-1-5-2-8-4-9(5)6(11)3-10/h2,4,6,10-11H,3H2. The molecule has 0 saturated carbocycles. The van der Waals surface area contributed by atoms with Crippen molar-refractivity contribution in [2.45, 2.75) is 5.37 Å². The van der Waals surface area contributed by atoms with Gasteiger partial charge in [0.15, 0.2) is 0 Å². The number of rotatable bonds is 2. The summed E-state index contributed by atoms with van der Waals surface area (Å²) in [5.41, 5.74) is 0.513. The molecule has 5 heteroatoms. The van der Waals surface area contributed by atoms with Gasteiger partial charge in [0.05, 0.1) is 17.9 Å². The minimum atomic E-state index is -0.0736. The van der Waals surface area contributed by atoms with Crippen molar-refractivity contribution in [3.8, 4) is 6.07 Å². The van der Waals surface area contributed by atoms with E-state index >= 15 is 0 Å². The second kappa shape index (κ2) is 3.69. The maximum Gasteiger partial charge on any atom is 0.140 e. The molecule has 0 bridgehead atoms. The first-order valence-corrected chi connectivity index (χ1v) is 4.15. The quantitative estimate of drug-likeness (QED) is 0.678. The molecule has 11 heavy (non-hydrogen) atoms. The van der Waals surface area contributed by atoms with Gasteiger partial charge in [0.25, 0.3) is 0 Å². The normalized spacial score (nSPS) is 12.5. The first-order valence-electron chi connectivity index (χ1n) is 3.00.